The topological polar surface area (TPSA) is 75.3 Å². The van der Waals surface area contributed by atoms with Gasteiger partial charge in [-0.05, 0) is 30.7 Å². The number of nitrogens with one attached hydrogen (secondary N) is 2. The van der Waals surface area contributed by atoms with E-state index in [1.807, 2.05) is 0 Å². The molecule has 2 N–H and O–H groups in total. The number of urea groups is 1. The Morgan fingerprint density at radius 1 is 1.15 bits per heavy atom. The molecular weight excluding hydrogens is 300 g/mol. The van der Waals surface area contributed by atoms with Crippen LogP contribution in [-0.2, 0) is 9.05 Å². The van der Waals surface area contributed by atoms with Gasteiger partial charge >= 0.3 is 6.03 Å². The average Bonchev–Trinajstić information content (AvgIpc) is 2.38. The molecule has 0 fully saturated rings. The van der Waals surface area contributed by atoms with E-state index < -0.39 is 9.05 Å². The van der Waals surface area contributed by atoms with Gasteiger partial charge in [-0.25, -0.2) is 13.2 Å². The fraction of sp³-hybridized carbons (Fsp3) is 0.462. The zero-order chi connectivity index (χ0) is 15.0. The first kappa shape index (κ1) is 16.8. The van der Waals surface area contributed by atoms with Crippen LogP contribution in [0.1, 0.15) is 32.6 Å². The van der Waals surface area contributed by atoms with Gasteiger partial charge in [0.2, 0.25) is 0 Å². The van der Waals surface area contributed by atoms with Gasteiger partial charge in [0.15, 0.2) is 0 Å². The highest BCUT2D eigenvalue weighted by Crippen LogP contribution is 2.17. The lowest BCUT2D eigenvalue weighted by atomic mass is 10.2. The Bertz CT molecular complexity index is 529. The van der Waals surface area contributed by atoms with Crippen LogP contribution in [0.25, 0.3) is 0 Å². The van der Waals surface area contributed by atoms with Crippen LogP contribution in [0.4, 0.5) is 10.5 Å². The number of amides is 2. The minimum Gasteiger partial charge on any atom is -0.338 e. The fourth-order valence-corrected chi connectivity index (χ4v) is 2.40. The van der Waals surface area contributed by atoms with E-state index in [1.165, 1.54) is 24.3 Å². The summed E-state index contributed by atoms with van der Waals surface area (Å²) in [4.78, 5) is 11.6. The molecule has 0 atom stereocenters. The number of halogens is 1. The summed E-state index contributed by atoms with van der Waals surface area (Å²) in [6.45, 7) is 2.75. The van der Waals surface area contributed by atoms with E-state index in [4.69, 9.17) is 10.7 Å². The Balaban J connectivity index is 2.39. The molecule has 0 aromatic heterocycles. The molecule has 0 unspecified atom stereocenters. The molecule has 0 spiro atoms. The number of anilines is 1. The minimum atomic E-state index is -3.73. The molecule has 0 aliphatic rings. The van der Waals surface area contributed by atoms with Crippen molar-refractivity contribution in [1.82, 2.24) is 5.32 Å². The molecule has 0 aliphatic carbocycles. The summed E-state index contributed by atoms with van der Waals surface area (Å²) in [6, 6.07) is 5.37. The molecule has 0 saturated heterocycles. The summed E-state index contributed by atoms with van der Waals surface area (Å²) in [5.74, 6) is 0. The Kier molecular flexibility index (Phi) is 6.81. The van der Waals surface area contributed by atoms with Crippen LogP contribution in [0.2, 0.25) is 0 Å². The Hall–Kier alpha value is -1.27. The standard InChI is InChI=1S/C13H19ClN2O3S/c1-2-3-4-5-10-15-13(17)16-11-6-8-12(9-7-11)20(14,18)19/h6-9H,2-5,10H2,1H3,(H2,15,16,17). The zero-order valence-corrected chi connectivity index (χ0v) is 12.9. The Morgan fingerprint density at radius 3 is 2.35 bits per heavy atom. The summed E-state index contributed by atoms with van der Waals surface area (Å²) in [5.41, 5.74) is 0.514. The quantitative estimate of drug-likeness (QED) is 0.598. The van der Waals surface area contributed by atoms with Crippen LogP contribution >= 0.6 is 10.7 Å². The van der Waals surface area contributed by atoms with Gasteiger partial charge in [0.1, 0.15) is 0 Å². The molecule has 7 heteroatoms. The smallest absolute Gasteiger partial charge is 0.319 e. The molecule has 1 aromatic rings. The van der Waals surface area contributed by atoms with Crippen LogP contribution in [-0.4, -0.2) is 21.0 Å². The number of hydrogen-bond acceptors (Lipinski definition) is 3. The number of benzene rings is 1. The third-order valence-electron chi connectivity index (χ3n) is 2.71. The number of carbonyl (C=O) groups is 1. The second-order valence-corrected chi connectivity index (χ2v) is 6.97. The van der Waals surface area contributed by atoms with Crippen molar-refractivity contribution in [1.29, 1.82) is 0 Å². The van der Waals surface area contributed by atoms with Crippen molar-refractivity contribution in [3.63, 3.8) is 0 Å². The van der Waals surface area contributed by atoms with Crippen molar-refractivity contribution >= 4 is 31.5 Å². The van der Waals surface area contributed by atoms with Crippen LogP contribution < -0.4 is 10.6 Å². The van der Waals surface area contributed by atoms with Crippen molar-refractivity contribution in [2.75, 3.05) is 11.9 Å². The molecule has 20 heavy (non-hydrogen) atoms. The van der Waals surface area contributed by atoms with Crippen molar-refractivity contribution in [2.24, 2.45) is 0 Å². The van der Waals surface area contributed by atoms with Crippen molar-refractivity contribution < 1.29 is 13.2 Å². The largest absolute Gasteiger partial charge is 0.338 e. The summed E-state index contributed by atoms with van der Waals surface area (Å²) in [5, 5.41) is 5.36. The predicted octanol–water partition coefficient (Wildman–Crippen LogP) is 3.32. The average molecular weight is 319 g/mol. The Labute approximate surface area is 124 Å². The first-order chi connectivity index (χ1) is 9.43. The molecule has 0 radical (unpaired) electrons. The summed E-state index contributed by atoms with van der Waals surface area (Å²) < 4.78 is 22.1. The van der Waals surface area contributed by atoms with Gasteiger partial charge in [-0.15, -0.1) is 0 Å². The van der Waals surface area contributed by atoms with E-state index in [9.17, 15) is 13.2 Å². The van der Waals surface area contributed by atoms with Crippen molar-refractivity contribution in [2.45, 2.75) is 37.5 Å². The van der Waals surface area contributed by atoms with E-state index in [0.29, 0.717) is 12.2 Å². The lowest BCUT2D eigenvalue weighted by Crippen LogP contribution is -2.29. The molecule has 112 valence electrons. The lowest BCUT2D eigenvalue weighted by molar-refractivity contribution is 0.252. The molecule has 1 rings (SSSR count). The van der Waals surface area contributed by atoms with Gasteiger partial charge in [0.25, 0.3) is 9.05 Å². The fourth-order valence-electron chi connectivity index (χ4n) is 1.63. The molecule has 0 saturated carbocycles. The number of carbonyl (C=O) groups excluding carboxylic acids is 1. The third-order valence-corrected chi connectivity index (χ3v) is 4.08. The maximum atomic E-state index is 11.6. The van der Waals surface area contributed by atoms with E-state index in [2.05, 4.69) is 17.6 Å². The van der Waals surface area contributed by atoms with Crippen LogP contribution in [0, 0.1) is 0 Å². The van der Waals surface area contributed by atoms with Gasteiger partial charge in [0.05, 0.1) is 4.90 Å². The number of hydrogen-bond donors (Lipinski definition) is 2. The van der Waals surface area contributed by atoms with Crippen LogP contribution in [0.15, 0.2) is 29.2 Å². The molecular formula is C13H19ClN2O3S. The zero-order valence-electron chi connectivity index (χ0n) is 11.4. The maximum Gasteiger partial charge on any atom is 0.319 e. The normalized spacial score (nSPS) is 11.1. The monoisotopic (exact) mass is 318 g/mol. The highest BCUT2D eigenvalue weighted by Gasteiger charge is 2.09. The highest BCUT2D eigenvalue weighted by atomic mass is 35.7. The van der Waals surface area contributed by atoms with Crippen LogP contribution in [0.3, 0.4) is 0 Å². The number of rotatable bonds is 7. The molecule has 0 heterocycles. The van der Waals surface area contributed by atoms with Crippen LogP contribution in [0.5, 0.6) is 0 Å². The van der Waals surface area contributed by atoms with E-state index in [1.54, 1.807) is 0 Å². The summed E-state index contributed by atoms with van der Waals surface area (Å²) in [6.07, 6.45) is 4.36. The van der Waals surface area contributed by atoms with E-state index in [0.717, 1.165) is 25.7 Å². The predicted molar refractivity (Wildman–Crippen MR) is 80.6 cm³/mol. The lowest BCUT2D eigenvalue weighted by Gasteiger charge is -2.07. The Morgan fingerprint density at radius 2 is 1.80 bits per heavy atom. The highest BCUT2D eigenvalue weighted by molar-refractivity contribution is 8.13. The summed E-state index contributed by atoms with van der Waals surface area (Å²) in [7, 11) is 1.47. The summed E-state index contributed by atoms with van der Waals surface area (Å²) >= 11 is 0. The third kappa shape index (κ3) is 6.25. The van der Waals surface area contributed by atoms with E-state index >= 15 is 0 Å². The molecule has 0 bridgehead atoms. The second-order valence-electron chi connectivity index (χ2n) is 4.40. The second kappa shape index (κ2) is 8.11. The van der Waals surface area contributed by atoms with Gasteiger partial charge in [0, 0.05) is 22.9 Å². The van der Waals surface area contributed by atoms with Crippen molar-refractivity contribution in [3.05, 3.63) is 24.3 Å². The minimum absolute atomic E-state index is 0.00434. The van der Waals surface area contributed by atoms with Gasteiger partial charge < -0.3 is 10.6 Å². The SMILES string of the molecule is CCCCCCNC(=O)Nc1ccc(S(=O)(=O)Cl)cc1. The van der Waals surface area contributed by atoms with Gasteiger partial charge in [-0.2, -0.15) is 0 Å². The molecule has 2 amide bonds. The molecule has 1 aromatic carbocycles. The first-order valence-electron chi connectivity index (χ1n) is 6.53. The first-order valence-corrected chi connectivity index (χ1v) is 8.84. The van der Waals surface area contributed by atoms with Gasteiger partial charge in [-0.1, -0.05) is 26.2 Å². The molecule has 5 nitrogen and oxygen atoms in total. The van der Waals surface area contributed by atoms with E-state index in [-0.39, 0.29) is 10.9 Å². The van der Waals surface area contributed by atoms with Crippen molar-refractivity contribution in [3.8, 4) is 0 Å². The molecule has 0 aliphatic heterocycles. The van der Waals surface area contributed by atoms with Gasteiger partial charge in [-0.3, -0.25) is 0 Å². The number of unbranched alkanes of at least 4 members (excludes halogenated alkanes) is 3. The maximum absolute atomic E-state index is 11.6.